The summed E-state index contributed by atoms with van der Waals surface area (Å²) in [6.07, 6.45) is 0. The molecule has 1 fully saturated rings. The van der Waals surface area contributed by atoms with Crippen molar-refractivity contribution in [1.29, 1.82) is 0 Å². The molecule has 0 aliphatic carbocycles. The summed E-state index contributed by atoms with van der Waals surface area (Å²) < 4.78 is 0. The molecule has 0 radical (unpaired) electrons. The van der Waals surface area contributed by atoms with Gasteiger partial charge in [-0.15, -0.1) is 10.2 Å². The fourth-order valence-electron chi connectivity index (χ4n) is 2.83. The largest absolute Gasteiger partial charge is 0.365 e. The molecule has 0 N–H and O–H groups in total. The number of nitrogens with zero attached hydrogens (tertiary/aromatic N) is 4. The van der Waals surface area contributed by atoms with Crippen LogP contribution in [-0.2, 0) is 0 Å². The molecule has 4 nitrogen and oxygen atoms in total. The number of hydrogen-bond donors (Lipinski definition) is 0. The van der Waals surface area contributed by atoms with E-state index in [-0.39, 0.29) is 0 Å². The zero-order valence-electron chi connectivity index (χ0n) is 12.3. The highest BCUT2D eigenvalue weighted by molar-refractivity contribution is 6.29. The molecule has 2 aromatic rings. The molecule has 0 spiro atoms. The minimum Gasteiger partial charge on any atom is -0.365 e. The van der Waals surface area contributed by atoms with Crippen LogP contribution < -0.4 is 9.80 Å². The third-order valence-corrected chi connectivity index (χ3v) is 4.10. The van der Waals surface area contributed by atoms with Crippen molar-refractivity contribution >= 4 is 23.1 Å². The van der Waals surface area contributed by atoms with E-state index in [2.05, 4.69) is 58.1 Å². The second kappa shape index (κ2) is 5.90. The summed E-state index contributed by atoms with van der Waals surface area (Å²) in [6.45, 7) is 7.24. The molecule has 1 aromatic carbocycles. The Labute approximate surface area is 130 Å². The Bertz CT molecular complexity index is 614. The number of halogens is 1. The summed E-state index contributed by atoms with van der Waals surface area (Å²) in [5.41, 5.74) is 2.59. The summed E-state index contributed by atoms with van der Waals surface area (Å²) in [6, 6.07) is 12.8. The lowest BCUT2D eigenvalue weighted by Gasteiger charge is -2.41. The fourth-order valence-corrected chi connectivity index (χ4v) is 2.93. The average Bonchev–Trinajstić information content (AvgIpc) is 2.48. The van der Waals surface area contributed by atoms with Crippen molar-refractivity contribution in [3.05, 3.63) is 47.1 Å². The van der Waals surface area contributed by atoms with Crippen molar-refractivity contribution in [3.63, 3.8) is 0 Å². The minimum atomic E-state index is 0.429. The van der Waals surface area contributed by atoms with Gasteiger partial charge < -0.3 is 9.80 Å². The van der Waals surface area contributed by atoms with Crippen LogP contribution in [0.1, 0.15) is 12.5 Å². The number of anilines is 2. The zero-order valence-corrected chi connectivity index (χ0v) is 13.1. The van der Waals surface area contributed by atoms with Gasteiger partial charge in [0.05, 0.1) is 0 Å². The van der Waals surface area contributed by atoms with E-state index >= 15 is 0 Å². The van der Waals surface area contributed by atoms with E-state index in [0.717, 1.165) is 25.5 Å². The first-order chi connectivity index (χ1) is 10.1. The topological polar surface area (TPSA) is 32.3 Å². The lowest BCUT2D eigenvalue weighted by Crippen LogP contribution is -2.52. The Morgan fingerprint density at radius 1 is 1.14 bits per heavy atom. The first-order valence-electron chi connectivity index (χ1n) is 7.21. The number of rotatable bonds is 2. The maximum absolute atomic E-state index is 5.80. The van der Waals surface area contributed by atoms with Crippen molar-refractivity contribution in [2.24, 2.45) is 0 Å². The molecule has 110 valence electrons. The van der Waals surface area contributed by atoms with Gasteiger partial charge in [0.25, 0.3) is 0 Å². The van der Waals surface area contributed by atoms with Crippen LogP contribution in [-0.4, -0.2) is 35.9 Å². The van der Waals surface area contributed by atoms with Gasteiger partial charge in [0.2, 0.25) is 0 Å². The minimum absolute atomic E-state index is 0.429. The van der Waals surface area contributed by atoms with Gasteiger partial charge in [0.1, 0.15) is 0 Å². The van der Waals surface area contributed by atoms with E-state index in [0.29, 0.717) is 11.2 Å². The molecule has 0 amide bonds. The Morgan fingerprint density at radius 2 is 2.00 bits per heavy atom. The van der Waals surface area contributed by atoms with Crippen LogP contribution in [0.4, 0.5) is 11.5 Å². The highest BCUT2D eigenvalue weighted by atomic mass is 35.5. The molecule has 5 heteroatoms. The third-order valence-electron chi connectivity index (χ3n) is 3.90. The van der Waals surface area contributed by atoms with Gasteiger partial charge >= 0.3 is 0 Å². The summed E-state index contributed by atoms with van der Waals surface area (Å²) in [7, 11) is 0. The molecule has 1 aromatic heterocycles. The maximum Gasteiger partial charge on any atom is 0.151 e. The van der Waals surface area contributed by atoms with Crippen molar-refractivity contribution in [1.82, 2.24) is 10.2 Å². The summed E-state index contributed by atoms with van der Waals surface area (Å²) >= 11 is 5.80. The highest BCUT2D eigenvalue weighted by Gasteiger charge is 2.24. The molecule has 1 atom stereocenters. The summed E-state index contributed by atoms with van der Waals surface area (Å²) in [4.78, 5) is 4.72. The van der Waals surface area contributed by atoms with Crippen molar-refractivity contribution in [3.8, 4) is 0 Å². The Morgan fingerprint density at radius 3 is 2.67 bits per heavy atom. The van der Waals surface area contributed by atoms with E-state index in [1.807, 2.05) is 6.07 Å². The second-order valence-electron chi connectivity index (χ2n) is 5.54. The predicted molar refractivity (Wildman–Crippen MR) is 87.2 cm³/mol. The number of hydrogen-bond acceptors (Lipinski definition) is 4. The second-order valence-corrected chi connectivity index (χ2v) is 5.93. The monoisotopic (exact) mass is 302 g/mol. The van der Waals surface area contributed by atoms with Gasteiger partial charge in [-0.05, 0) is 43.7 Å². The number of aryl methyl sites for hydroxylation is 1. The van der Waals surface area contributed by atoms with Crippen LogP contribution in [0.2, 0.25) is 5.15 Å². The van der Waals surface area contributed by atoms with Crippen LogP contribution >= 0.6 is 11.6 Å². The van der Waals surface area contributed by atoms with Crippen molar-refractivity contribution in [2.75, 3.05) is 29.4 Å². The molecule has 1 aliphatic rings. The van der Waals surface area contributed by atoms with E-state index < -0.39 is 0 Å². The van der Waals surface area contributed by atoms with Crippen LogP contribution in [0, 0.1) is 6.92 Å². The van der Waals surface area contributed by atoms with Gasteiger partial charge in [-0.2, -0.15) is 0 Å². The van der Waals surface area contributed by atoms with Crippen LogP contribution in [0.25, 0.3) is 0 Å². The number of aromatic nitrogens is 2. The van der Waals surface area contributed by atoms with Gasteiger partial charge in [-0.25, -0.2) is 0 Å². The Hall–Kier alpha value is -1.81. The third kappa shape index (κ3) is 3.10. The summed E-state index contributed by atoms with van der Waals surface area (Å²) in [5.74, 6) is 0.898. The van der Waals surface area contributed by atoms with E-state index in [9.17, 15) is 0 Å². The first-order valence-corrected chi connectivity index (χ1v) is 7.59. The zero-order chi connectivity index (χ0) is 14.8. The van der Waals surface area contributed by atoms with Crippen molar-refractivity contribution in [2.45, 2.75) is 19.9 Å². The van der Waals surface area contributed by atoms with Crippen molar-refractivity contribution < 1.29 is 0 Å². The average molecular weight is 303 g/mol. The predicted octanol–water partition coefficient (Wildman–Crippen LogP) is 3.15. The fraction of sp³-hybridized carbons (Fsp3) is 0.375. The van der Waals surface area contributed by atoms with Crippen LogP contribution in [0.3, 0.4) is 0 Å². The molecule has 1 aliphatic heterocycles. The number of piperazine rings is 1. The summed E-state index contributed by atoms with van der Waals surface area (Å²) in [5, 5.41) is 8.54. The molecule has 21 heavy (non-hydrogen) atoms. The number of benzene rings is 1. The van der Waals surface area contributed by atoms with E-state index in [1.165, 1.54) is 11.3 Å². The normalized spacial score (nSPS) is 18.9. The van der Waals surface area contributed by atoms with Crippen LogP contribution in [0.15, 0.2) is 36.4 Å². The quantitative estimate of drug-likeness (QED) is 0.853. The van der Waals surface area contributed by atoms with E-state index in [1.54, 1.807) is 6.07 Å². The van der Waals surface area contributed by atoms with Gasteiger partial charge in [-0.1, -0.05) is 23.7 Å². The lowest BCUT2D eigenvalue weighted by molar-refractivity contribution is 0.545. The standard InChI is InChI=1S/C16H19ClN4/c1-12-4-3-5-14(10-12)21-9-8-20(11-13(21)2)16-7-6-15(17)18-19-16/h3-7,10,13H,8-9,11H2,1-2H3. The Balaban J connectivity index is 1.73. The van der Waals surface area contributed by atoms with E-state index in [4.69, 9.17) is 11.6 Å². The molecular weight excluding hydrogens is 284 g/mol. The van der Waals surface area contributed by atoms with Gasteiger partial charge in [0, 0.05) is 31.4 Å². The molecule has 3 rings (SSSR count). The molecule has 0 bridgehead atoms. The maximum atomic E-state index is 5.80. The first kappa shape index (κ1) is 14.1. The molecule has 0 saturated carbocycles. The molecule has 1 saturated heterocycles. The molecular formula is C16H19ClN4. The lowest BCUT2D eigenvalue weighted by atomic mass is 10.1. The molecule has 2 heterocycles. The molecule has 1 unspecified atom stereocenters. The van der Waals surface area contributed by atoms with Gasteiger partial charge in [0.15, 0.2) is 11.0 Å². The SMILES string of the molecule is Cc1cccc(N2CCN(c3ccc(Cl)nn3)CC2C)c1. The highest BCUT2D eigenvalue weighted by Crippen LogP contribution is 2.23. The van der Waals surface area contributed by atoms with Gasteiger partial charge in [-0.3, -0.25) is 0 Å². The Kier molecular flexibility index (Phi) is 3.97. The smallest absolute Gasteiger partial charge is 0.151 e. The van der Waals surface area contributed by atoms with Crippen LogP contribution in [0.5, 0.6) is 0 Å².